The lowest BCUT2D eigenvalue weighted by Gasteiger charge is -2.35. The van der Waals surface area contributed by atoms with E-state index >= 15 is 0 Å². The number of para-hydroxylation sites is 1. The Hall–Kier alpha value is -2.28. The smallest absolute Gasteiger partial charge is 0.156 e. The number of halogens is 2. The van der Waals surface area contributed by atoms with E-state index in [1.54, 1.807) is 12.1 Å². The molecule has 4 nitrogen and oxygen atoms in total. The molecule has 2 aliphatic rings. The Morgan fingerprint density at radius 1 is 1.15 bits per heavy atom. The van der Waals surface area contributed by atoms with Crippen LogP contribution in [-0.2, 0) is 12.8 Å². The second kappa shape index (κ2) is 10.3. The number of benzene rings is 2. The maximum Gasteiger partial charge on any atom is 0.156 e. The zero-order valence-corrected chi connectivity index (χ0v) is 20.7. The Morgan fingerprint density at radius 3 is 2.73 bits per heavy atom. The van der Waals surface area contributed by atoms with Crippen LogP contribution in [0, 0.1) is 5.82 Å². The van der Waals surface area contributed by atoms with Gasteiger partial charge >= 0.3 is 0 Å². The van der Waals surface area contributed by atoms with Gasteiger partial charge in [-0.25, -0.2) is 14.4 Å². The summed E-state index contributed by atoms with van der Waals surface area (Å²) in [6, 6.07) is 15.7. The Balaban J connectivity index is 0.00000259. The summed E-state index contributed by atoms with van der Waals surface area (Å²) in [5, 5.41) is 4.85. The normalized spacial score (nSPS) is 17.6. The number of aromatic nitrogens is 1. The van der Waals surface area contributed by atoms with Crippen LogP contribution in [0.15, 0.2) is 53.5 Å². The third-order valence-electron chi connectivity index (χ3n) is 6.24. The van der Waals surface area contributed by atoms with Crippen molar-refractivity contribution in [3.05, 3.63) is 81.1 Å². The quantitative estimate of drug-likeness (QED) is 0.515. The second-order valence-electron chi connectivity index (χ2n) is 8.98. The maximum absolute atomic E-state index is 13.2. The highest BCUT2D eigenvalue weighted by Crippen LogP contribution is 2.34. The van der Waals surface area contributed by atoms with Gasteiger partial charge in [-0.1, -0.05) is 44.2 Å². The van der Waals surface area contributed by atoms with E-state index in [-0.39, 0.29) is 18.2 Å². The molecule has 0 bridgehead atoms. The Bertz CT molecular complexity index is 1130. The fourth-order valence-electron chi connectivity index (χ4n) is 4.44. The molecule has 2 aliphatic heterocycles. The number of aryl methyl sites for hydroxylation is 1. The lowest BCUT2D eigenvalue weighted by molar-refractivity contribution is 0.282. The van der Waals surface area contributed by atoms with Gasteiger partial charge in [0.05, 0.1) is 10.7 Å². The molecule has 1 fully saturated rings. The largest absolute Gasteiger partial charge is 0.352 e. The van der Waals surface area contributed by atoms with Crippen molar-refractivity contribution in [2.75, 3.05) is 19.6 Å². The second-order valence-corrected chi connectivity index (χ2v) is 10.1. The number of nitrogens with zero attached hydrogens (tertiary/aromatic N) is 3. The van der Waals surface area contributed by atoms with E-state index in [1.165, 1.54) is 21.0 Å². The van der Waals surface area contributed by atoms with E-state index < -0.39 is 0 Å². The van der Waals surface area contributed by atoms with E-state index in [1.807, 2.05) is 23.5 Å². The van der Waals surface area contributed by atoms with Crippen LogP contribution in [0.1, 0.15) is 52.9 Å². The number of amidine groups is 1. The molecule has 33 heavy (non-hydrogen) atoms. The van der Waals surface area contributed by atoms with Crippen LogP contribution < -0.4 is 5.32 Å². The topological polar surface area (TPSA) is 40.5 Å². The number of nitrogens with one attached hydrogen (secondary N) is 1. The van der Waals surface area contributed by atoms with Crippen molar-refractivity contribution in [2.24, 2.45) is 4.99 Å². The summed E-state index contributed by atoms with van der Waals surface area (Å²) >= 11 is 1.83. The average molecular weight is 485 g/mol. The summed E-state index contributed by atoms with van der Waals surface area (Å²) in [7, 11) is 0. The predicted molar refractivity (Wildman–Crippen MR) is 137 cm³/mol. The molecule has 0 aliphatic carbocycles. The van der Waals surface area contributed by atoms with E-state index in [4.69, 9.17) is 9.98 Å². The first kappa shape index (κ1) is 23.9. The van der Waals surface area contributed by atoms with Gasteiger partial charge in [0, 0.05) is 42.9 Å². The van der Waals surface area contributed by atoms with Gasteiger partial charge in [-0.05, 0) is 42.2 Å². The molecule has 1 atom stereocenters. The van der Waals surface area contributed by atoms with Crippen molar-refractivity contribution in [1.82, 2.24) is 15.2 Å². The number of aliphatic imine (C=N–C) groups is 1. The van der Waals surface area contributed by atoms with Crippen LogP contribution in [-0.4, -0.2) is 41.4 Å². The fourth-order valence-corrected chi connectivity index (χ4v) is 5.53. The van der Waals surface area contributed by atoms with Gasteiger partial charge in [0.1, 0.15) is 11.5 Å². The molecule has 0 spiro atoms. The van der Waals surface area contributed by atoms with Crippen molar-refractivity contribution < 1.29 is 4.39 Å². The molecule has 0 amide bonds. The highest BCUT2D eigenvalue weighted by atomic mass is 35.5. The van der Waals surface area contributed by atoms with Gasteiger partial charge in [0.15, 0.2) is 5.84 Å². The Labute approximate surface area is 205 Å². The first-order valence-electron chi connectivity index (χ1n) is 11.5. The fraction of sp³-hybridized carbons (Fsp3) is 0.385. The first-order valence-corrected chi connectivity index (χ1v) is 12.3. The lowest BCUT2D eigenvalue weighted by Crippen LogP contribution is -2.53. The van der Waals surface area contributed by atoms with Gasteiger partial charge in [-0.15, -0.1) is 23.7 Å². The Kier molecular flexibility index (Phi) is 7.47. The predicted octanol–water partition coefficient (Wildman–Crippen LogP) is 5.72. The van der Waals surface area contributed by atoms with Gasteiger partial charge in [-0.2, -0.15) is 0 Å². The van der Waals surface area contributed by atoms with Gasteiger partial charge in [0.25, 0.3) is 0 Å². The molecule has 0 saturated carbocycles. The molecule has 7 heteroatoms. The summed E-state index contributed by atoms with van der Waals surface area (Å²) in [5.74, 6) is 1.25. The molecule has 3 aromatic rings. The minimum Gasteiger partial charge on any atom is -0.352 e. The van der Waals surface area contributed by atoms with Crippen molar-refractivity contribution in [1.29, 1.82) is 0 Å². The number of thiazole rings is 1. The van der Waals surface area contributed by atoms with Gasteiger partial charge < -0.3 is 10.2 Å². The third kappa shape index (κ3) is 5.29. The number of fused-ring (bicyclic) bond motifs is 2. The molecule has 0 unspecified atom stereocenters. The van der Waals surface area contributed by atoms with Crippen LogP contribution >= 0.6 is 23.7 Å². The summed E-state index contributed by atoms with van der Waals surface area (Å²) in [6.45, 7) is 7.15. The van der Waals surface area contributed by atoms with Crippen molar-refractivity contribution in [3.8, 4) is 0 Å². The zero-order chi connectivity index (χ0) is 22.1. The summed E-state index contributed by atoms with van der Waals surface area (Å²) in [4.78, 5) is 14.0. The van der Waals surface area contributed by atoms with Crippen molar-refractivity contribution in [2.45, 2.75) is 45.1 Å². The highest BCUT2D eigenvalue weighted by molar-refractivity contribution is 7.12. The molecule has 1 aromatic heterocycles. The lowest BCUT2D eigenvalue weighted by atomic mass is 10.0. The number of hydrogen-bond acceptors (Lipinski definition) is 5. The zero-order valence-electron chi connectivity index (χ0n) is 19.1. The van der Waals surface area contributed by atoms with E-state index in [0.717, 1.165) is 56.1 Å². The van der Waals surface area contributed by atoms with E-state index in [0.29, 0.717) is 12.0 Å². The monoisotopic (exact) mass is 484 g/mol. The van der Waals surface area contributed by atoms with Gasteiger partial charge in [0.2, 0.25) is 0 Å². The molecule has 1 saturated heterocycles. The first-order chi connectivity index (χ1) is 15.6. The number of piperazine rings is 1. The number of hydrogen-bond donors (Lipinski definition) is 1. The van der Waals surface area contributed by atoms with E-state index in [9.17, 15) is 4.39 Å². The van der Waals surface area contributed by atoms with Crippen LogP contribution in [0.5, 0.6) is 0 Å². The molecule has 1 N–H and O–H groups in total. The third-order valence-corrected chi connectivity index (χ3v) is 7.59. The highest BCUT2D eigenvalue weighted by Gasteiger charge is 2.29. The van der Waals surface area contributed by atoms with Gasteiger partial charge in [-0.3, -0.25) is 0 Å². The summed E-state index contributed by atoms with van der Waals surface area (Å²) in [5.41, 5.74) is 4.56. The molecule has 5 rings (SSSR count). The SMILES string of the molecule is CC(C)c1nc2c(s1)Cc1ccccc1N=C2N1CCN[C@@H](CCc2ccc(F)cc2)C1.Cl. The van der Waals surface area contributed by atoms with Crippen LogP contribution in [0.3, 0.4) is 0 Å². The standard InChI is InChI=1S/C26H29FN4S.ClH/c1-17(2)26-30-24-23(32-26)15-19-5-3-4-6-22(19)29-25(24)31-14-13-28-21(16-31)12-9-18-7-10-20(27)11-8-18;/h3-8,10-11,17,21,28H,9,12-16H2,1-2H3;1H/t21-;/m0./s1. The molecular formula is C26H30ClFN4S. The minimum absolute atomic E-state index is 0. The van der Waals surface area contributed by atoms with Crippen LogP contribution in [0.4, 0.5) is 10.1 Å². The molecule has 0 radical (unpaired) electrons. The molecule has 174 valence electrons. The van der Waals surface area contributed by atoms with Crippen molar-refractivity contribution >= 4 is 35.3 Å². The van der Waals surface area contributed by atoms with E-state index in [2.05, 4.69) is 48.3 Å². The van der Waals surface area contributed by atoms with Crippen molar-refractivity contribution in [3.63, 3.8) is 0 Å². The average Bonchev–Trinajstić information content (AvgIpc) is 3.15. The molecule has 3 heterocycles. The summed E-state index contributed by atoms with van der Waals surface area (Å²) < 4.78 is 13.2. The summed E-state index contributed by atoms with van der Waals surface area (Å²) in [6.07, 6.45) is 2.83. The minimum atomic E-state index is -0.179. The Morgan fingerprint density at radius 2 is 1.94 bits per heavy atom. The molecule has 2 aromatic carbocycles. The van der Waals surface area contributed by atoms with Crippen LogP contribution in [0.25, 0.3) is 0 Å². The van der Waals surface area contributed by atoms with Crippen LogP contribution in [0.2, 0.25) is 0 Å². The molecular weight excluding hydrogens is 455 g/mol. The number of rotatable bonds is 4. The maximum atomic E-state index is 13.2.